The third kappa shape index (κ3) is 4.57. The van der Waals surface area contributed by atoms with Crippen LogP contribution in [-0.2, 0) is 4.79 Å². The van der Waals surface area contributed by atoms with Crippen LogP contribution in [0.2, 0.25) is 10.0 Å². The maximum Gasteiger partial charge on any atom is 0.262 e. The number of carbonyl (C=O) groups excluding carboxylic acids is 2. The highest BCUT2D eigenvalue weighted by Gasteiger charge is 2.34. The Bertz CT molecular complexity index is 1140. The standard InChI is InChI=1S/C22H18Cl2N4O3/c23-14-5-3-13(4-6-14)17-11-19(20-2-1-9-31-20)28(27-17)21(29)12-26-18-10-15(24)7-8-16(18)22(25)30/h1-10,19,26H,11-12H2,(H2,25,30). The van der Waals surface area contributed by atoms with Crippen LogP contribution in [0.1, 0.15) is 34.1 Å². The molecule has 0 saturated heterocycles. The maximum atomic E-state index is 13.1. The molecule has 3 N–H and O–H groups in total. The lowest BCUT2D eigenvalue weighted by atomic mass is 10.0. The van der Waals surface area contributed by atoms with Crippen molar-refractivity contribution in [2.24, 2.45) is 10.8 Å². The van der Waals surface area contributed by atoms with Gasteiger partial charge < -0.3 is 15.5 Å². The number of carbonyl (C=O) groups is 2. The molecule has 158 valence electrons. The van der Waals surface area contributed by atoms with Gasteiger partial charge >= 0.3 is 0 Å². The Hall–Kier alpha value is -3.29. The van der Waals surface area contributed by atoms with Crippen LogP contribution in [0, 0.1) is 0 Å². The van der Waals surface area contributed by atoms with Gasteiger partial charge in [-0.2, -0.15) is 5.10 Å². The molecule has 0 bridgehead atoms. The Morgan fingerprint density at radius 2 is 1.87 bits per heavy atom. The number of anilines is 1. The molecule has 2 heterocycles. The molecule has 1 atom stereocenters. The van der Waals surface area contributed by atoms with Crippen LogP contribution in [0.4, 0.5) is 5.69 Å². The zero-order chi connectivity index (χ0) is 22.0. The SMILES string of the molecule is NC(=O)c1ccc(Cl)cc1NCC(=O)N1N=C(c2ccc(Cl)cc2)CC1c1ccco1. The molecule has 1 aromatic heterocycles. The Kier molecular flexibility index (Phi) is 5.97. The predicted octanol–water partition coefficient (Wildman–Crippen LogP) is 4.48. The molecule has 0 fully saturated rings. The highest BCUT2D eigenvalue weighted by Crippen LogP contribution is 2.33. The van der Waals surface area contributed by atoms with Gasteiger partial charge in [0.1, 0.15) is 11.8 Å². The molecule has 0 spiro atoms. The lowest BCUT2D eigenvalue weighted by Crippen LogP contribution is -2.32. The van der Waals surface area contributed by atoms with Gasteiger partial charge in [-0.25, -0.2) is 5.01 Å². The fourth-order valence-electron chi connectivity index (χ4n) is 3.39. The molecule has 7 nitrogen and oxygen atoms in total. The third-order valence-electron chi connectivity index (χ3n) is 4.89. The number of hydrazone groups is 1. The number of primary amides is 1. The molecule has 4 rings (SSSR count). The average Bonchev–Trinajstić information content (AvgIpc) is 3.42. The zero-order valence-corrected chi connectivity index (χ0v) is 17.7. The topological polar surface area (TPSA) is 101 Å². The van der Waals surface area contributed by atoms with Crippen molar-refractivity contribution in [2.45, 2.75) is 12.5 Å². The average molecular weight is 457 g/mol. The number of halogens is 2. The van der Waals surface area contributed by atoms with Crippen molar-refractivity contribution in [1.82, 2.24) is 5.01 Å². The first-order chi connectivity index (χ1) is 14.9. The van der Waals surface area contributed by atoms with Gasteiger partial charge in [0.15, 0.2) is 0 Å². The van der Waals surface area contributed by atoms with Crippen molar-refractivity contribution in [3.05, 3.63) is 87.8 Å². The summed E-state index contributed by atoms with van der Waals surface area (Å²) in [6, 6.07) is 15.1. The second-order valence-electron chi connectivity index (χ2n) is 6.93. The van der Waals surface area contributed by atoms with Gasteiger partial charge in [-0.3, -0.25) is 9.59 Å². The van der Waals surface area contributed by atoms with E-state index in [1.807, 2.05) is 12.1 Å². The molecule has 1 unspecified atom stereocenters. The minimum absolute atomic E-state index is 0.116. The van der Waals surface area contributed by atoms with Crippen molar-refractivity contribution in [2.75, 3.05) is 11.9 Å². The predicted molar refractivity (Wildman–Crippen MR) is 119 cm³/mol. The number of amides is 2. The van der Waals surface area contributed by atoms with Crippen LogP contribution < -0.4 is 11.1 Å². The van der Waals surface area contributed by atoms with Crippen LogP contribution in [0.3, 0.4) is 0 Å². The molecular formula is C22H18Cl2N4O3. The normalized spacial score (nSPS) is 15.6. The quantitative estimate of drug-likeness (QED) is 0.570. The first kappa shape index (κ1) is 21.0. The fraction of sp³-hybridized carbons (Fsp3) is 0.136. The molecule has 2 amide bonds. The summed E-state index contributed by atoms with van der Waals surface area (Å²) in [6.07, 6.45) is 2.05. The van der Waals surface area contributed by atoms with Gasteiger partial charge in [-0.1, -0.05) is 35.3 Å². The van der Waals surface area contributed by atoms with Crippen molar-refractivity contribution >= 4 is 46.4 Å². The third-order valence-corrected chi connectivity index (χ3v) is 5.38. The smallest absolute Gasteiger partial charge is 0.262 e. The zero-order valence-electron chi connectivity index (χ0n) is 16.2. The molecule has 9 heteroatoms. The number of rotatable bonds is 6. The first-order valence-corrected chi connectivity index (χ1v) is 10.2. The summed E-state index contributed by atoms with van der Waals surface area (Å²) >= 11 is 12.0. The number of nitrogens with two attached hydrogens (primary N) is 1. The van der Waals surface area contributed by atoms with E-state index in [0.29, 0.717) is 27.9 Å². The number of hydrogen-bond donors (Lipinski definition) is 2. The molecule has 3 aromatic rings. The van der Waals surface area contributed by atoms with Crippen molar-refractivity contribution in [3.8, 4) is 0 Å². The van der Waals surface area contributed by atoms with E-state index < -0.39 is 5.91 Å². The van der Waals surface area contributed by atoms with E-state index in [9.17, 15) is 9.59 Å². The van der Waals surface area contributed by atoms with Gasteiger partial charge in [0.2, 0.25) is 0 Å². The second kappa shape index (κ2) is 8.83. The Morgan fingerprint density at radius 1 is 1.13 bits per heavy atom. The van der Waals surface area contributed by atoms with E-state index in [1.54, 1.807) is 42.7 Å². The number of furan rings is 1. The van der Waals surface area contributed by atoms with Crippen LogP contribution >= 0.6 is 23.2 Å². The Morgan fingerprint density at radius 3 is 2.55 bits per heavy atom. The molecule has 0 radical (unpaired) electrons. The van der Waals surface area contributed by atoms with Crippen LogP contribution in [0.5, 0.6) is 0 Å². The van der Waals surface area contributed by atoms with E-state index >= 15 is 0 Å². The fourth-order valence-corrected chi connectivity index (χ4v) is 3.69. The second-order valence-corrected chi connectivity index (χ2v) is 7.81. The van der Waals surface area contributed by atoms with Crippen molar-refractivity contribution in [1.29, 1.82) is 0 Å². The molecule has 0 saturated carbocycles. The van der Waals surface area contributed by atoms with Crippen molar-refractivity contribution in [3.63, 3.8) is 0 Å². The van der Waals surface area contributed by atoms with E-state index in [1.165, 1.54) is 11.1 Å². The summed E-state index contributed by atoms with van der Waals surface area (Å²) in [7, 11) is 0. The summed E-state index contributed by atoms with van der Waals surface area (Å²) in [5.41, 5.74) is 7.65. The number of hydrogen-bond acceptors (Lipinski definition) is 5. The lowest BCUT2D eigenvalue weighted by molar-refractivity contribution is -0.131. The minimum Gasteiger partial charge on any atom is -0.467 e. The largest absolute Gasteiger partial charge is 0.467 e. The number of nitrogens with zero attached hydrogens (tertiary/aromatic N) is 2. The highest BCUT2D eigenvalue weighted by molar-refractivity contribution is 6.31. The number of nitrogens with one attached hydrogen (secondary N) is 1. The van der Waals surface area contributed by atoms with Gasteiger partial charge in [-0.15, -0.1) is 0 Å². The number of benzene rings is 2. The molecule has 0 aliphatic carbocycles. The van der Waals surface area contributed by atoms with E-state index in [2.05, 4.69) is 10.4 Å². The summed E-state index contributed by atoms with van der Waals surface area (Å²) in [4.78, 5) is 24.7. The molecule has 1 aliphatic rings. The monoisotopic (exact) mass is 456 g/mol. The minimum atomic E-state index is -0.621. The highest BCUT2D eigenvalue weighted by atomic mass is 35.5. The van der Waals surface area contributed by atoms with Crippen LogP contribution in [0.25, 0.3) is 0 Å². The van der Waals surface area contributed by atoms with Gasteiger partial charge in [0, 0.05) is 22.2 Å². The van der Waals surface area contributed by atoms with Crippen molar-refractivity contribution < 1.29 is 14.0 Å². The maximum absolute atomic E-state index is 13.1. The summed E-state index contributed by atoms with van der Waals surface area (Å²) in [5.74, 6) is -0.299. The Labute approximate surface area is 188 Å². The van der Waals surface area contributed by atoms with E-state index in [-0.39, 0.29) is 24.1 Å². The van der Waals surface area contributed by atoms with Crippen LogP contribution in [-0.4, -0.2) is 29.1 Å². The molecule has 2 aromatic carbocycles. The van der Waals surface area contributed by atoms with E-state index in [4.69, 9.17) is 33.4 Å². The Balaban J connectivity index is 1.57. The molecule has 31 heavy (non-hydrogen) atoms. The summed E-state index contributed by atoms with van der Waals surface area (Å²) in [6.45, 7) is -0.116. The van der Waals surface area contributed by atoms with Gasteiger partial charge in [0.05, 0.1) is 24.1 Å². The van der Waals surface area contributed by atoms with Gasteiger partial charge in [-0.05, 0) is 48.0 Å². The summed E-state index contributed by atoms with van der Waals surface area (Å²) < 4.78 is 5.54. The lowest BCUT2D eigenvalue weighted by Gasteiger charge is -2.20. The van der Waals surface area contributed by atoms with E-state index in [0.717, 1.165) is 11.3 Å². The molecule has 1 aliphatic heterocycles. The molecular weight excluding hydrogens is 439 g/mol. The van der Waals surface area contributed by atoms with Gasteiger partial charge in [0.25, 0.3) is 11.8 Å². The summed E-state index contributed by atoms with van der Waals surface area (Å²) in [5, 5.41) is 9.93. The first-order valence-electron chi connectivity index (χ1n) is 9.44. The van der Waals surface area contributed by atoms with Crippen LogP contribution in [0.15, 0.2) is 70.4 Å².